The maximum absolute atomic E-state index is 5.57. The van der Waals surface area contributed by atoms with Crippen molar-refractivity contribution in [2.24, 2.45) is 0 Å². The fourth-order valence-corrected chi connectivity index (χ4v) is 1.28. The highest BCUT2D eigenvalue weighted by Crippen LogP contribution is 2.08. The van der Waals surface area contributed by atoms with Crippen molar-refractivity contribution in [3.05, 3.63) is 12.4 Å². The number of nitrogens with one attached hydrogen (secondary N) is 1. The molecule has 1 aromatic heterocycles. The van der Waals surface area contributed by atoms with Crippen molar-refractivity contribution in [1.82, 2.24) is 9.97 Å². The molecule has 0 aliphatic heterocycles. The highest BCUT2D eigenvalue weighted by Gasteiger charge is 1.97. The van der Waals surface area contributed by atoms with Crippen LogP contribution in [0.4, 0.5) is 5.82 Å². The Kier molecular flexibility index (Phi) is 5.85. The standard InChI is InChI=1S/C10H16ClN3O/c1-2-15-10-8-12-7-9(14-10)13-6-4-3-5-11/h7-8H,2-6H2,1H3,(H,13,14). The van der Waals surface area contributed by atoms with Gasteiger partial charge < -0.3 is 10.1 Å². The first-order valence-corrected chi connectivity index (χ1v) is 5.65. The molecular formula is C10H16ClN3O. The van der Waals surface area contributed by atoms with Gasteiger partial charge in [0.2, 0.25) is 5.88 Å². The topological polar surface area (TPSA) is 47.0 Å². The number of ether oxygens (including phenoxy) is 1. The molecule has 0 bridgehead atoms. The molecule has 1 rings (SSSR count). The Hall–Kier alpha value is -1.03. The fraction of sp³-hybridized carbons (Fsp3) is 0.600. The van der Waals surface area contributed by atoms with E-state index in [1.54, 1.807) is 12.4 Å². The Morgan fingerprint density at radius 1 is 1.40 bits per heavy atom. The molecule has 0 amide bonds. The lowest BCUT2D eigenvalue weighted by Gasteiger charge is -2.06. The predicted octanol–water partition coefficient (Wildman–Crippen LogP) is 2.31. The Morgan fingerprint density at radius 2 is 2.27 bits per heavy atom. The van der Waals surface area contributed by atoms with Crippen LogP contribution >= 0.6 is 11.6 Å². The van der Waals surface area contributed by atoms with Crippen LogP contribution in [0.25, 0.3) is 0 Å². The van der Waals surface area contributed by atoms with Gasteiger partial charge in [0.1, 0.15) is 5.82 Å². The minimum Gasteiger partial charge on any atom is -0.477 e. The number of nitrogens with zero attached hydrogens (tertiary/aromatic N) is 2. The van der Waals surface area contributed by atoms with E-state index in [0.29, 0.717) is 18.4 Å². The molecule has 0 radical (unpaired) electrons. The summed E-state index contributed by atoms with van der Waals surface area (Å²) < 4.78 is 5.24. The van der Waals surface area contributed by atoms with Gasteiger partial charge in [-0.05, 0) is 19.8 Å². The van der Waals surface area contributed by atoms with Gasteiger partial charge in [-0.15, -0.1) is 11.6 Å². The molecule has 1 aromatic rings. The summed E-state index contributed by atoms with van der Waals surface area (Å²) in [4.78, 5) is 8.26. The third-order valence-electron chi connectivity index (χ3n) is 1.77. The van der Waals surface area contributed by atoms with Crippen molar-refractivity contribution < 1.29 is 4.74 Å². The monoisotopic (exact) mass is 229 g/mol. The number of anilines is 1. The number of hydrogen-bond acceptors (Lipinski definition) is 4. The van der Waals surface area contributed by atoms with E-state index in [-0.39, 0.29) is 0 Å². The molecule has 5 heteroatoms. The van der Waals surface area contributed by atoms with Crippen LogP contribution in [-0.2, 0) is 0 Å². The third-order valence-corrected chi connectivity index (χ3v) is 2.04. The molecule has 0 fully saturated rings. The SMILES string of the molecule is CCOc1cncc(NCCCCCl)n1. The average Bonchev–Trinajstić information content (AvgIpc) is 2.26. The molecule has 84 valence electrons. The zero-order chi connectivity index (χ0) is 10.9. The number of alkyl halides is 1. The summed E-state index contributed by atoms with van der Waals surface area (Å²) in [6, 6.07) is 0. The number of hydrogen-bond donors (Lipinski definition) is 1. The largest absolute Gasteiger partial charge is 0.477 e. The Balaban J connectivity index is 2.36. The van der Waals surface area contributed by atoms with E-state index in [1.807, 2.05) is 6.92 Å². The van der Waals surface area contributed by atoms with E-state index in [4.69, 9.17) is 16.3 Å². The molecule has 0 aromatic carbocycles. The van der Waals surface area contributed by atoms with Gasteiger partial charge in [-0.25, -0.2) is 0 Å². The van der Waals surface area contributed by atoms with Gasteiger partial charge in [0.25, 0.3) is 0 Å². The molecule has 0 saturated carbocycles. The fourth-order valence-electron chi connectivity index (χ4n) is 1.09. The van der Waals surface area contributed by atoms with Crippen LogP contribution in [0, 0.1) is 0 Å². The summed E-state index contributed by atoms with van der Waals surface area (Å²) in [6.07, 6.45) is 5.33. The molecule has 0 aliphatic carbocycles. The van der Waals surface area contributed by atoms with E-state index in [1.165, 1.54) is 0 Å². The van der Waals surface area contributed by atoms with Gasteiger partial charge in [-0.2, -0.15) is 4.98 Å². The van der Waals surface area contributed by atoms with Crippen LogP contribution in [0.15, 0.2) is 12.4 Å². The van der Waals surface area contributed by atoms with Crippen molar-refractivity contribution in [2.45, 2.75) is 19.8 Å². The van der Waals surface area contributed by atoms with Gasteiger partial charge in [-0.1, -0.05) is 0 Å². The van der Waals surface area contributed by atoms with Crippen LogP contribution in [0.1, 0.15) is 19.8 Å². The lowest BCUT2D eigenvalue weighted by atomic mass is 10.3. The number of aromatic nitrogens is 2. The molecule has 0 atom stereocenters. The van der Waals surface area contributed by atoms with E-state index in [9.17, 15) is 0 Å². The summed E-state index contributed by atoms with van der Waals surface area (Å²) >= 11 is 5.57. The third kappa shape index (κ3) is 4.83. The lowest BCUT2D eigenvalue weighted by molar-refractivity contribution is 0.325. The smallest absolute Gasteiger partial charge is 0.234 e. The van der Waals surface area contributed by atoms with Crippen LogP contribution in [0.3, 0.4) is 0 Å². The van der Waals surface area contributed by atoms with Gasteiger partial charge in [0.15, 0.2) is 0 Å². The summed E-state index contributed by atoms with van der Waals surface area (Å²) in [5, 5.41) is 3.17. The quantitative estimate of drug-likeness (QED) is 0.576. The molecule has 0 spiro atoms. The summed E-state index contributed by atoms with van der Waals surface area (Å²) in [6.45, 7) is 3.38. The summed E-state index contributed by atoms with van der Waals surface area (Å²) in [5.74, 6) is 2.00. The van der Waals surface area contributed by atoms with E-state index < -0.39 is 0 Å². The van der Waals surface area contributed by atoms with Crippen LogP contribution in [-0.4, -0.2) is 29.0 Å². The number of rotatable bonds is 7. The Labute approximate surface area is 95.0 Å². The highest BCUT2D eigenvalue weighted by molar-refractivity contribution is 6.17. The molecule has 0 unspecified atom stereocenters. The Morgan fingerprint density at radius 3 is 3.00 bits per heavy atom. The van der Waals surface area contributed by atoms with E-state index in [0.717, 1.165) is 25.2 Å². The highest BCUT2D eigenvalue weighted by atomic mass is 35.5. The number of halogens is 1. The van der Waals surface area contributed by atoms with Crippen LogP contribution in [0.5, 0.6) is 5.88 Å². The Bertz CT molecular complexity index is 283. The first-order valence-electron chi connectivity index (χ1n) is 5.11. The summed E-state index contributed by atoms with van der Waals surface area (Å²) in [7, 11) is 0. The predicted molar refractivity (Wildman–Crippen MR) is 61.6 cm³/mol. The molecule has 1 N–H and O–H groups in total. The molecule has 0 saturated heterocycles. The molecule has 15 heavy (non-hydrogen) atoms. The second kappa shape index (κ2) is 7.29. The number of unbranched alkanes of at least 4 members (excludes halogenated alkanes) is 1. The maximum atomic E-state index is 5.57. The zero-order valence-electron chi connectivity index (χ0n) is 8.87. The van der Waals surface area contributed by atoms with Crippen molar-refractivity contribution in [3.63, 3.8) is 0 Å². The minimum absolute atomic E-state index is 0.555. The molecular weight excluding hydrogens is 214 g/mol. The first-order chi connectivity index (χ1) is 7.36. The van der Waals surface area contributed by atoms with E-state index >= 15 is 0 Å². The van der Waals surface area contributed by atoms with Crippen LogP contribution < -0.4 is 10.1 Å². The summed E-state index contributed by atoms with van der Waals surface area (Å²) in [5.41, 5.74) is 0. The second-order valence-corrected chi connectivity index (χ2v) is 3.38. The lowest BCUT2D eigenvalue weighted by Crippen LogP contribution is -2.05. The minimum atomic E-state index is 0.555. The van der Waals surface area contributed by atoms with Crippen LogP contribution in [0.2, 0.25) is 0 Å². The van der Waals surface area contributed by atoms with Gasteiger partial charge in [0.05, 0.1) is 19.0 Å². The molecule has 4 nitrogen and oxygen atoms in total. The second-order valence-electron chi connectivity index (χ2n) is 3.00. The van der Waals surface area contributed by atoms with Crippen molar-refractivity contribution in [3.8, 4) is 5.88 Å². The van der Waals surface area contributed by atoms with Gasteiger partial charge in [0, 0.05) is 12.4 Å². The van der Waals surface area contributed by atoms with E-state index in [2.05, 4.69) is 15.3 Å². The molecule has 0 aliphatic rings. The zero-order valence-corrected chi connectivity index (χ0v) is 9.63. The van der Waals surface area contributed by atoms with Crippen molar-refractivity contribution in [2.75, 3.05) is 24.3 Å². The van der Waals surface area contributed by atoms with Crippen molar-refractivity contribution in [1.29, 1.82) is 0 Å². The van der Waals surface area contributed by atoms with Gasteiger partial charge in [-0.3, -0.25) is 4.98 Å². The van der Waals surface area contributed by atoms with Gasteiger partial charge >= 0.3 is 0 Å². The maximum Gasteiger partial charge on any atom is 0.234 e. The normalized spacial score (nSPS) is 10.0. The average molecular weight is 230 g/mol. The van der Waals surface area contributed by atoms with Crippen molar-refractivity contribution >= 4 is 17.4 Å². The first kappa shape index (κ1) is 12.0. The molecule has 1 heterocycles.